The minimum atomic E-state index is -0.256. The van der Waals surface area contributed by atoms with E-state index in [0.29, 0.717) is 18.9 Å². The molecule has 1 saturated heterocycles. The van der Waals surface area contributed by atoms with Crippen LogP contribution in [0.5, 0.6) is 5.75 Å². The van der Waals surface area contributed by atoms with Crippen molar-refractivity contribution in [1.82, 2.24) is 14.8 Å². The highest BCUT2D eigenvalue weighted by molar-refractivity contribution is 5.98. The normalized spacial score (nSPS) is 16.2. The number of ether oxygens (including phenoxy) is 2. The molecule has 0 spiro atoms. The average Bonchev–Trinajstić information content (AvgIpc) is 3.33. The Labute approximate surface area is 202 Å². The minimum absolute atomic E-state index is 0.0263. The number of carbonyl (C=O) groups excluding carboxylic acids is 1. The van der Waals surface area contributed by atoms with Crippen molar-refractivity contribution >= 4 is 33.3 Å². The summed E-state index contributed by atoms with van der Waals surface area (Å²) in [5.74, 6) is 0.626. The maximum absolute atomic E-state index is 12.6. The number of hydrogen-bond acceptors (Lipinski definition) is 5. The molecule has 1 unspecified atom stereocenters. The maximum Gasteiger partial charge on any atom is 0.253 e. The van der Waals surface area contributed by atoms with Crippen molar-refractivity contribution in [2.45, 2.75) is 6.10 Å². The first-order chi connectivity index (χ1) is 17.2. The molecule has 174 valence electrons. The Morgan fingerprint density at radius 2 is 1.91 bits per heavy atom. The smallest absolute Gasteiger partial charge is 0.253 e. The molecule has 3 aromatic carbocycles. The number of benzene rings is 3. The third-order valence-corrected chi connectivity index (χ3v) is 6.32. The Morgan fingerprint density at radius 3 is 2.77 bits per heavy atom. The summed E-state index contributed by atoms with van der Waals surface area (Å²) < 4.78 is 13.8. The number of hydrogen-bond donors (Lipinski definition) is 0. The molecule has 3 heterocycles. The highest BCUT2D eigenvalue weighted by Gasteiger charge is 2.28. The number of carbonyl (C=O) groups is 1. The lowest BCUT2D eigenvalue weighted by molar-refractivity contribution is -0.130. The van der Waals surface area contributed by atoms with E-state index in [4.69, 9.17) is 9.47 Å². The molecule has 0 aliphatic carbocycles. The van der Waals surface area contributed by atoms with Crippen molar-refractivity contribution in [3.8, 4) is 17.0 Å². The van der Waals surface area contributed by atoms with Gasteiger partial charge in [0, 0.05) is 36.1 Å². The molecular weight excluding hydrogens is 440 g/mol. The molecular formula is C28H24N4O3. The lowest BCUT2D eigenvalue weighted by Crippen LogP contribution is -2.48. The lowest BCUT2D eigenvalue weighted by Gasteiger charge is -2.32. The fraction of sp³-hybridized carbons (Fsp3) is 0.179. The van der Waals surface area contributed by atoms with Gasteiger partial charge in [-0.2, -0.15) is 5.10 Å². The Balaban J connectivity index is 1.22. The first kappa shape index (κ1) is 21.3. The fourth-order valence-electron chi connectivity index (χ4n) is 4.55. The Morgan fingerprint density at radius 1 is 1.03 bits per heavy atom. The molecule has 0 radical (unpaired) electrons. The van der Waals surface area contributed by atoms with Crippen molar-refractivity contribution in [2.75, 3.05) is 24.7 Å². The van der Waals surface area contributed by atoms with Crippen LogP contribution in [-0.2, 0) is 16.6 Å². The largest absolute Gasteiger partial charge is 0.489 e. The molecule has 1 fully saturated rings. The molecule has 0 bridgehead atoms. The molecule has 5 aromatic rings. The standard InChI is InChI=1S/C28H24N4O3/c1-31-14-12-25(30-31)23-10-11-26(28-24(23)7-4-13-29-28)35-17-22-16-32(27(33)18-34-22)21-9-8-19-5-2-3-6-20(19)15-21/h2-15,22H,16-18H2,1H3. The van der Waals surface area contributed by atoms with Gasteiger partial charge in [-0.25, -0.2) is 0 Å². The first-order valence-electron chi connectivity index (χ1n) is 11.6. The van der Waals surface area contributed by atoms with Gasteiger partial charge in [-0.05, 0) is 47.2 Å². The Bertz CT molecular complexity index is 1540. The Kier molecular flexibility index (Phi) is 5.39. The van der Waals surface area contributed by atoms with Gasteiger partial charge in [-0.1, -0.05) is 36.4 Å². The van der Waals surface area contributed by atoms with Crippen molar-refractivity contribution in [2.24, 2.45) is 7.05 Å². The van der Waals surface area contributed by atoms with Gasteiger partial charge in [0.2, 0.25) is 0 Å². The third-order valence-electron chi connectivity index (χ3n) is 6.32. The van der Waals surface area contributed by atoms with Crippen LogP contribution in [0.1, 0.15) is 0 Å². The van der Waals surface area contributed by atoms with Crippen LogP contribution in [0.3, 0.4) is 0 Å². The summed E-state index contributed by atoms with van der Waals surface area (Å²) in [6.45, 7) is 0.763. The number of fused-ring (bicyclic) bond motifs is 2. The molecule has 2 aromatic heterocycles. The second-order valence-electron chi connectivity index (χ2n) is 8.67. The van der Waals surface area contributed by atoms with E-state index in [0.717, 1.165) is 38.6 Å². The number of anilines is 1. The van der Waals surface area contributed by atoms with Gasteiger partial charge in [-0.3, -0.25) is 14.5 Å². The van der Waals surface area contributed by atoms with Crippen LogP contribution in [0.2, 0.25) is 0 Å². The summed E-state index contributed by atoms with van der Waals surface area (Å²) in [6, 6.07) is 24.1. The predicted molar refractivity (Wildman–Crippen MR) is 135 cm³/mol. The van der Waals surface area contributed by atoms with Crippen LogP contribution in [0.15, 0.2) is 85.2 Å². The van der Waals surface area contributed by atoms with Crippen LogP contribution >= 0.6 is 0 Å². The number of pyridine rings is 1. The summed E-state index contributed by atoms with van der Waals surface area (Å²) in [6.07, 6.45) is 3.42. The molecule has 7 nitrogen and oxygen atoms in total. The molecule has 1 atom stereocenters. The van der Waals surface area contributed by atoms with Gasteiger partial charge in [0.05, 0.1) is 12.2 Å². The number of morpholine rings is 1. The number of aromatic nitrogens is 3. The molecule has 6 rings (SSSR count). The summed E-state index contributed by atoms with van der Waals surface area (Å²) in [7, 11) is 1.90. The van der Waals surface area contributed by atoms with Crippen molar-refractivity contribution in [1.29, 1.82) is 0 Å². The van der Waals surface area contributed by atoms with Gasteiger partial charge in [0.25, 0.3) is 5.91 Å². The molecule has 1 aliphatic heterocycles. The van der Waals surface area contributed by atoms with Crippen LogP contribution in [0, 0.1) is 0 Å². The van der Waals surface area contributed by atoms with Crippen LogP contribution in [0.4, 0.5) is 5.69 Å². The summed E-state index contributed by atoms with van der Waals surface area (Å²) in [5, 5.41) is 7.75. The van der Waals surface area contributed by atoms with Crippen molar-refractivity contribution in [3.05, 3.63) is 85.2 Å². The quantitative estimate of drug-likeness (QED) is 0.380. The zero-order chi connectivity index (χ0) is 23.8. The first-order valence-corrected chi connectivity index (χ1v) is 11.6. The lowest BCUT2D eigenvalue weighted by atomic mass is 10.1. The second kappa shape index (κ2) is 8.85. The monoisotopic (exact) mass is 464 g/mol. The minimum Gasteiger partial charge on any atom is -0.489 e. The summed E-state index contributed by atoms with van der Waals surface area (Å²) in [4.78, 5) is 19.0. The third kappa shape index (κ3) is 4.11. The highest BCUT2D eigenvalue weighted by Crippen LogP contribution is 2.33. The highest BCUT2D eigenvalue weighted by atomic mass is 16.5. The number of rotatable bonds is 5. The SMILES string of the molecule is Cn1ccc(-c2ccc(OCC3CN(c4ccc5ccccc5c4)C(=O)CO3)c3ncccc23)n1. The van der Waals surface area contributed by atoms with E-state index in [9.17, 15) is 4.79 Å². The molecule has 0 saturated carbocycles. The van der Waals surface area contributed by atoms with Crippen LogP contribution in [0.25, 0.3) is 32.9 Å². The van der Waals surface area contributed by atoms with E-state index in [1.165, 1.54) is 0 Å². The summed E-state index contributed by atoms with van der Waals surface area (Å²) in [5.41, 5.74) is 3.53. The van der Waals surface area contributed by atoms with E-state index in [2.05, 4.69) is 22.2 Å². The maximum atomic E-state index is 12.6. The van der Waals surface area contributed by atoms with E-state index in [1.807, 2.05) is 73.9 Å². The van der Waals surface area contributed by atoms with Gasteiger partial charge < -0.3 is 14.4 Å². The number of nitrogens with zero attached hydrogens (tertiary/aromatic N) is 4. The predicted octanol–water partition coefficient (Wildman–Crippen LogP) is 4.60. The number of amides is 1. The van der Waals surface area contributed by atoms with Gasteiger partial charge in [-0.15, -0.1) is 0 Å². The zero-order valence-electron chi connectivity index (χ0n) is 19.3. The van der Waals surface area contributed by atoms with Crippen molar-refractivity contribution in [3.63, 3.8) is 0 Å². The number of aryl methyl sites for hydroxylation is 1. The van der Waals surface area contributed by atoms with E-state index < -0.39 is 0 Å². The Hall–Kier alpha value is -4.23. The van der Waals surface area contributed by atoms with Crippen molar-refractivity contribution < 1.29 is 14.3 Å². The van der Waals surface area contributed by atoms with Gasteiger partial charge in [0.15, 0.2) is 0 Å². The van der Waals surface area contributed by atoms with E-state index in [-0.39, 0.29) is 18.6 Å². The van der Waals surface area contributed by atoms with Gasteiger partial charge >= 0.3 is 0 Å². The topological polar surface area (TPSA) is 69.5 Å². The average molecular weight is 465 g/mol. The molecule has 0 N–H and O–H groups in total. The molecule has 7 heteroatoms. The molecule has 35 heavy (non-hydrogen) atoms. The van der Waals surface area contributed by atoms with Crippen LogP contribution < -0.4 is 9.64 Å². The fourth-order valence-corrected chi connectivity index (χ4v) is 4.55. The summed E-state index contributed by atoms with van der Waals surface area (Å²) >= 11 is 0. The van der Waals surface area contributed by atoms with Crippen LogP contribution in [-0.4, -0.2) is 46.5 Å². The molecule has 1 aliphatic rings. The van der Waals surface area contributed by atoms with E-state index >= 15 is 0 Å². The van der Waals surface area contributed by atoms with Gasteiger partial charge in [0.1, 0.15) is 30.6 Å². The second-order valence-corrected chi connectivity index (χ2v) is 8.67. The van der Waals surface area contributed by atoms with E-state index in [1.54, 1.807) is 15.8 Å². The molecule has 1 amide bonds. The zero-order valence-corrected chi connectivity index (χ0v) is 19.3.